The number of rotatable bonds is 12. The van der Waals surface area contributed by atoms with Crippen molar-refractivity contribution in [3.05, 3.63) is 0 Å². The minimum absolute atomic E-state index is 0.0907. The molecule has 0 aliphatic rings. The van der Waals surface area contributed by atoms with E-state index in [1.54, 1.807) is 0 Å². The summed E-state index contributed by atoms with van der Waals surface area (Å²) in [6, 6.07) is 0. The second kappa shape index (κ2) is 10.7. The molecule has 4 nitrogen and oxygen atoms in total. The lowest BCUT2D eigenvalue weighted by molar-refractivity contribution is -0.0533. The molecule has 0 fully saturated rings. The van der Waals surface area contributed by atoms with Gasteiger partial charge in [0, 0.05) is 5.41 Å². The maximum Gasteiger partial charge on any atom is 0.0773 e. The van der Waals surface area contributed by atoms with Crippen LogP contribution in [-0.2, 0) is 4.74 Å². The van der Waals surface area contributed by atoms with Gasteiger partial charge in [-0.1, -0.05) is 39.5 Å². The van der Waals surface area contributed by atoms with Gasteiger partial charge in [-0.3, -0.25) is 0 Å². The highest BCUT2D eigenvalue weighted by atomic mass is 16.5. The van der Waals surface area contributed by atoms with Gasteiger partial charge in [0.15, 0.2) is 0 Å². The predicted molar refractivity (Wildman–Crippen MR) is 72.5 cm³/mol. The molecule has 110 valence electrons. The maximum absolute atomic E-state index is 9.71. The zero-order valence-corrected chi connectivity index (χ0v) is 11.9. The molecule has 4 heteroatoms. The Kier molecular flexibility index (Phi) is 10.6. The monoisotopic (exact) mass is 262 g/mol. The molecule has 0 aromatic carbocycles. The second-order valence-electron chi connectivity index (χ2n) is 5.19. The van der Waals surface area contributed by atoms with E-state index in [2.05, 4.69) is 6.92 Å². The van der Waals surface area contributed by atoms with Gasteiger partial charge < -0.3 is 20.1 Å². The Hall–Kier alpha value is -0.160. The minimum atomic E-state index is -0.568. The summed E-state index contributed by atoms with van der Waals surface area (Å²) in [7, 11) is 0. The predicted octanol–water partition coefficient (Wildman–Crippen LogP) is 1.72. The fourth-order valence-corrected chi connectivity index (χ4v) is 1.77. The third kappa shape index (κ3) is 7.31. The molecule has 1 unspecified atom stereocenters. The number of aliphatic hydroxyl groups excluding tert-OH is 3. The van der Waals surface area contributed by atoms with E-state index < -0.39 is 11.5 Å². The van der Waals surface area contributed by atoms with Crippen molar-refractivity contribution >= 4 is 0 Å². The third-order valence-corrected chi connectivity index (χ3v) is 3.53. The smallest absolute Gasteiger partial charge is 0.0773 e. The molecule has 0 aromatic rings. The standard InChI is InChI=1S/C14H30O4/c1-3-5-6-7-8-13(17)9-18-12-14(4-2,10-15)11-16/h13,15-17H,3-12H2,1-2H3. The zero-order valence-electron chi connectivity index (χ0n) is 11.9. The van der Waals surface area contributed by atoms with Crippen LogP contribution >= 0.6 is 0 Å². The largest absolute Gasteiger partial charge is 0.396 e. The van der Waals surface area contributed by atoms with Crippen LogP contribution in [0.3, 0.4) is 0 Å². The first-order chi connectivity index (χ1) is 8.64. The van der Waals surface area contributed by atoms with Crippen molar-refractivity contribution in [1.82, 2.24) is 0 Å². The minimum Gasteiger partial charge on any atom is -0.396 e. The summed E-state index contributed by atoms with van der Waals surface area (Å²) < 4.78 is 5.42. The fraction of sp³-hybridized carbons (Fsp3) is 1.00. The Labute approximate surface area is 111 Å². The molecule has 0 saturated heterocycles. The average Bonchev–Trinajstić information content (AvgIpc) is 2.40. The lowest BCUT2D eigenvalue weighted by Gasteiger charge is -2.28. The van der Waals surface area contributed by atoms with E-state index in [1.807, 2.05) is 6.92 Å². The van der Waals surface area contributed by atoms with Crippen LogP contribution in [0.5, 0.6) is 0 Å². The topological polar surface area (TPSA) is 69.9 Å². The molecular formula is C14H30O4. The van der Waals surface area contributed by atoms with Crippen LogP contribution in [0.25, 0.3) is 0 Å². The Morgan fingerprint density at radius 2 is 1.72 bits per heavy atom. The first-order valence-corrected chi connectivity index (χ1v) is 7.11. The van der Waals surface area contributed by atoms with E-state index in [1.165, 1.54) is 12.8 Å². The highest BCUT2D eigenvalue weighted by Crippen LogP contribution is 2.20. The fourth-order valence-electron chi connectivity index (χ4n) is 1.77. The Morgan fingerprint density at radius 1 is 1.06 bits per heavy atom. The summed E-state index contributed by atoms with van der Waals surface area (Å²) in [6.07, 6.45) is 5.56. The van der Waals surface area contributed by atoms with Crippen LogP contribution in [0.4, 0.5) is 0 Å². The number of unbranched alkanes of at least 4 members (excludes halogenated alkanes) is 3. The van der Waals surface area contributed by atoms with E-state index in [9.17, 15) is 15.3 Å². The first-order valence-electron chi connectivity index (χ1n) is 7.11. The van der Waals surface area contributed by atoms with Crippen LogP contribution in [0, 0.1) is 5.41 Å². The molecule has 0 saturated carbocycles. The first kappa shape index (κ1) is 17.8. The summed E-state index contributed by atoms with van der Waals surface area (Å²) in [5, 5.41) is 28.2. The summed E-state index contributed by atoms with van der Waals surface area (Å²) >= 11 is 0. The molecule has 3 N–H and O–H groups in total. The van der Waals surface area contributed by atoms with Gasteiger partial charge in [0.25, 0.3) is 0 Å². The van der Waals surface area contributed by atoms with Gasteiger partial charge in [-0.25, -0.2) is 0 Å². The summed E-state index contributed by atoms with van der Waals surface area (Å²) in [5.41, 5.74) is -0.568. The Bertz CT molecular complexity index is 172. The number of hydrogen-bond donors (Lipinski definition) is 3. The van der Waals surface area contributed by atoms with Crippen molar-refractivity contribution < 1.29 is 20.1 Å². The van der Waals surface area contributed by atoms with Gasteiger partial charge in [0.2, 0.25) is 0 Å². The molecule has 18 heavy (non-hydrogen) atoms. The molecule has 0 rings (SSSR count). The molecule has 1 atom stereocenters. The molecule has 0 radical (unpaired) electrons. The van der Waals surface area contributed by atoms with E-state index >= 15 is 0 Å². The molecule has 0 spiro atoms. The summed E-state index contributed by atoms with van der Waals surface area (Å²) in [5.74, 6) is 0. The number of hydrogen-bond acceptors (Lipinski definition) is 4. The van der Waals surface area contributed by atoms with Crippen LogP contribution < -0.4 is 0 Å². The SMILES string of the molecule is CCCCCCC(O)COCC(CC)(CO)CO. The van der Waals surface area contributed by atoms with Gasteiger partial charge in [-0.05, 0) is 12.8 Å². The van der Waals surface area contributed by atoms with Crippen molar-refractivity contribution in [2.24, 2.45) is 5.41 Å². The van der Waals surface area contributed by atoms with Crippen molar-refractivity contribution in [2.45, 2.75) is 58.5 Å². The van der Waals surface area contributed by atoms with Crippen molar-refractivity contribution in [1.29, 1.82) is 0 Å². The molecule has 0 aliphatic heterocycles. The highest BCUT2D eigenvalue weighted by molar-refractivity contribution is 4.75. The van der Waals surface area contributed by atoms with Gasteiger partial charge >= 0.3 is 0 Å². The molecule has 0 amide bonds. The van der Waals surface area contributed by atoms with E-state index in [-0.39, 0.29) is 19.8 Å². The molecular weight excluding hydrogens is 232 g/mol. The van der Waals surface area contributed by atoms with Crippen molar-refractivity contribution in [3.8, 4) is 0 Å². The Morgan fingerprint density at radius 3 is 2.22 bits per heavy atom. The van der Waals surface area contributed by atoms with E-state index in [0.29, 0.717) is 13.0 Å². The van der Waals surface area contributed by atoms with Gasteiger partial charge in [-0.15, -0.1) is 0 Å². The molecule has 0 bridgehead atoms. The average molecular weight is 262 g/mol. The zero-order chi connectivity index (χ0) is 13.9. The second-order valence-corrected chi connectivity index (χ2v) is 5.19. The highest BCUT2D eigenvalue weighted by Gasteiger charge is 2.27. The lowest BCUT2D eigenvalue weighted by Crippen LogP contribution is -2.35. The van der Waals surface area contributed by atoms with Crippen molar-refractivity contribution in [2.75, 3.05) is 26.4 Å². The van der Waals surface area contributed by atoms with Crippen LogP contribution in [0.15, 0.2) is 0 Å². The molecule has 0 heterocycles. The normalized spacial score (nSPS) is 13.8. The van der Waals surface area contributed by atoms with E-state index in [4.69, 9.17) is 4.74 Å². The number of aliphatic hydroxyl groups is 3. The quantitative estimate of drug-likeness (QED) is 0.468. The van der Waals surface area contributed by atoms with Gasteiger partial charge in [0.1, 0.15) is 0 Å². The summed E-state index contributed by atoms with van der Waals surface area (Å²) in [6.45, 7) is 4.47. The van der Waals surface area contributed by atoms with E-state index in [0.717, 1.165) is 19.3 Å². The lowest BCUT2D eigenvalue weighted by atomic mass is 9.88. The number of ether oxygens (including phenoxy) is 1. The Balaban J connectivity index is 3.68. The molecule has 0 aliphatic carbocycles. The van der Waals surface area contributed by atoms with Gasteiger partial charge in [-0.2, -0.15) is 0 Å². The van der Waals surface area contributed by atoms with Crippen molar-refractivity contribution in [3.63, 3.8) is 0 Å². The van der Waals surface area contributed by atoms with Crippen LogP contribution in [0.1, 0.15) is 52.4 Å². The molecule has 0 aromatic heterocycles. The van der Waals surface area contributed by atoms with Crippen LogP contribution in [0.2, 0.25) is 0 Å². The van der Waals surface area contributed by atoms with Gasteiger partial charge in [0.05, 0.1) is 32.5 Å². The maximum atomic E-state index is 9.71. The third-order valence-electron chi connectivity index (χ3n) is 3.53. The summed E-state index contributed by atoms with van der Waals surface area (Å²) in [4.78, 5) is 0. The van der Waals surface area contributed by atoms with Crippen LogP contribution in [-0.4, -0.2) is 47.9 Å².